The van der Waals surface area contributed by atoms with E-state index in [1.165, 1.54) is 14.2 Å². The van der Waals surface area contributed by atoms with Crippen LogP contribution in [0.15, 0.2) is 12.1 Å². The molecule has 5 heteroatoms. The fraction of sp³-hybridized carbons (Fsp3) is 0.500. The number of benzene rings is 1. The number of ether oxygens (including phenoxy) is 2. The van der Waals surface area contributed by atoms with Gasteiger partial charge >= 0.3 is 5.97 Å². The number of carboxylic acids is 1. The third kappa shape index (κ3) is 2.95. The maximum absolute atomic E-state index is 11.0. The molecule has 0 saturated heterocycles. The molecule has 0 radical (unpaired) electrons. The van der Waals surface area contributed by atoms with Crippen LogP contribution < -0.4 is 9.47 Å². The van der Waals surface area contributed by atoms with Gasteiger partial charge in [0.15, 0.2) is 0 Å². The van der Waals surface area contributed by atoms with Gasteiger partial charge in [-0.25, -0.2) is 0 Å². The Morgan fingerprint density at radius 3 is 2.58 bits per heavy atom. The van der Waals surface area contributed by atoms with E-state index >= 15 is 0 Å². The maximum atomic E-state index is 11.0. The van der Waals surface area contributed by atoms with E-state index in [4.69, 9.17) is 26.2 Å². The van der Waals surface area contributed by atoms with Crippen LogP contribution in [0.2, 0.25) is 5.02 Å². The summed E-state index contributed by atoms with van der Waals surface area (Å²) in [6.07, 6.45) is 2.22. The monoisotopic (exact) mass is 284 g/mol. The summed E-state index contributed by atoms with van der Waals surface area (Å²) >= 11 is 6.22. The molecule has 0 spiro atoms. The van der Waals surface area contributed by atoms with Gasteiger partial charge < -0.3 is 14.6 Å². The number of methoxy groups -OCH3 is 2. The first-order valence-electron chi connectivity index (χ1n) is 6.20. The molecule has 19 heavy (non-hydrogen) atoms. The summed E-state index contributed by atoms with van der Waals surface area (Å²) in [5.41, 5.74) is 0.859. The van der Waals surface area contributed by atoms with Crippen LogP contribution in [0.4, 0.5) is 0 Å². The Balaban J connectivity index is 2.41. The Labute approximate surface area is 117 Å². The number of hydrogen-bond acceptors (Lipinski definition) is 3. The highest BCUT2D eigenvalue weighted by atomic mass is 35.5. The summed E-state index contributed by atoms with van der Waals surface area (Å²) in [7, 11) is 3.07. The van der Waals surface area contributed by atoms with Gasteiger partial charge in [-0.15, -0.1) is 0 Å². The van der Waals surface area contributed by atoms with E-state index < -0.39 is 5.97 Å². The quantitative estimate of drug-likeness (QED) is 0.870. The number of aliphatic carboxylic acids is 1. The van der Waals surface area contributed by atoms with Gasteiger partial charge in [-0.3, -0.25) is 4.79 Å². The summed E-state index contributed by atoms with van der Waals surface area (Å²) in [6.45, 7) is 0. The molecule has 104 valence electrons. The second-order valence-electron chi connectivity index (χ2n) is 4.75. The van der Waals surface area contributed by atoms with Gasteiger partial charge in [-0.1, -0.05) is 17.7 Å². The Kier molecular flexibility index (Phi) is 4.20. The third-order valence-electron chi connectivity index (χ3n) is 3.50. The second-order valence-corrected chi connectivity index (χ2v) is 5.12. The van der Waals surface area contributed by atoms with Crippen LogP contribution in [0, 0.1) is 5.92 Å². The molecule has 4 nitrogen and oxygen atoms in total. The molecule has 1 aromatic carbocycles. The largest absolute Gasteiger partial charge is 0.495 e. The molecule has 2 rings (SSSR count). The summed E-state index contributed by atoms with van der Waals surface area (Å²) in [5.74, 6) is 0.627. The minimum Gasteiger partial charge on any atom is -0.495 e. The minimum absolute atomic E-state index is 0.0455. The third-order valence-corrected chi connectivity index (χ3v) is 3.86. The van der Waals surface area contributed by atoms with E-state index in [2.05, 4.69) is 0 Å². The van der Waals surface area contributed by atoms with Gasteiger partial charge in [0.1, 0.15) is 16.5 Å². The fourth-order valence-electron chi connectivity index (χ4n) is 2.43. The average Bonchev–Trinajstić information content (AvgIpc) is 3.19. The van der Waals surface area contributed by atoms with Crippen molar-refractivity contribution in [1.29, 1.82) is 0 Å². The van der Waals surface area contributed by atoms with Gasteiger partial charge in [0.2, 0.25) is 0 Å². The molecule has 1 atom stereocenters. The lowest BCUT2D eigenvalue weighted by Gasteiger charge is -2.20. The first-order valence-corrected chi connectivity index (χ1v) is 6.58. The second kappa shape index (κ2) is 5.70. The average molecular weight is 285 g/mol. The van der Waals surface area contributed by atoms with Gasteiger partial charge in [0, 0.05) is 5.92 Å². The molecular weight excluding hydrogens is 268 g/mol. The Morgan fingerprint density at radius 1 is 1.42 bits per heavy atom. The number of carboxylic acid groups (broad SMARTS) is 1. The Morgan fingerprint density at radius 2 is 2.11 bits per heavy atom. The van der Waals surface area contributed by atoms with E-state index in [1.54, 1.807) is 6.07 Å². The molecule has 1 N–H and O–H groups in total. The van der Waals surface area contributed by atoms with Gasteiger partial charge in [0.25, 0.3) is 0 Å². The van der Waals surface area contributed by atoms with E-state index in [0.717, 1.165) is 18.4 Å². The highest BCUT2D eigenvalue weighted by Gasteiger charge is 2.36. The zero-order valence-corrected chi connectivity index (χ0v) is 11.7. The maximum Gasteiger partial charge on any atom is 0.303 e. The van der Waals surface area contributed by atoms with Crippen LogP contribution in [0.3, 0.4) is 0 Å². The van der Waals surface area contributed by atoms with Crippen molar-refractivity contribution in [2.75, 3.05) is 14.2 Å². The van der Waals surface area contributed by atoms with Crippen LogP contribution in [-0.2, 0) is 4.79 Å². The number of rotatable bonds is 6. The van der Waals surface area contributed by atoms with Gasteiger partial charge in [-0.2, -0.15) is 0 Å². The summed E-state index contributed by atoms with van der Waals surface area (Å²) in [4.78, 5) is 11.0. The predicted molar refractivity (Wildman–Crippen MR) is 72.3 cm³/mol. The van der Waals surface area contributed by atoms with Crippen molar-refractivity contribution in [1.82, 2.24) is 0 Å². The molecule has 1 aliphatic rings. The lowest BCUT2D eigenvalue weighted by Crippen LogP contribution is -2.10. The molecular formula is C14H17ClO4. The lowest BCUT2D eigenvalue weighted by molar-refractivity contribution is -0.137. The van der Waals surface area contributed by atoms with Crippen LogP contribution in [-0.4, -0.2) is 25.3 Å². The highest BCUT2D eigenvalue weighted by Crippen LogP contribution is 2.49. The zero-order chi connectivity index (χ0) is 14.0. The SMILES string of the molecule is COc1ccc(C(CC(=O)O)C2CC2)c(OC)c1Cl. The number of halogens is 1. The standard InChI is InChI=1S/C14H17ClO4/c1-18-11-6-5-9(14(19-2)13(11)15)10(7-12(16)17)8-3-4-8/h5-6,8,10H,3-4,7H2,1-2H3,(H,16,17). The van der Waals surface area contributed by atoms with Gasteiger partial charge in [-0.05, 0) is 30.4 Å². The molecule has 1 aromatic rings. The van der Waals surface area contributed by atoms with Crippen molar-refractivity contribution >= 4 is 17.6 Å². The van der Waals surface area contributed by atoms with Crippen molar-refractivity contribution in [2.45, 2.75) is 25.2 Å². The fourth-order valence-corrected chi connectivity index (χ4v) is 2.75. The van der Waals surface area contributed by atoms with Crippen LogP contribution >= 0.6 is 11.6 Å². The number of hydrogen-bond donors (Lipinski definition) is 1. The Bertz CT molecular complexity index is 483. The molecule has 1 aliphatic carbocycles. The molecule has 0 heterocycles. The first-order chi connectivity index (χ1) is 9.08. The summed E-state index contributed by atoms with van der Waals surface area (Å²) in [6, 6.07) is 3.62. The topological polar surface area (TPSA) is 55.8 Å². The van der Waals surface area contributed by atoms with Crippen molar-refractivity contribution in [3.05, 3.63) is 22.7 Å². The number of carbonyl (C=O) groups is 1. The van der Waals surface area contributed by atoms with Crippen LogP contribution in [0.25, 0.3) is 0 Å². The molecule has 1 fully saturated rings. The van der Waals surface area contributed by atoms with Crippen molar-refractivity contribution in [3.8, 4) is 11.5 Å². The van der Waals surface area contributed by atoms with Crippen LogP contribution in [0.1, 0.15) is 30.7 Å². The van der Waals surface area contributed by atoms with Crippen molar-refractivity contribution < 1.29 is 19.4 Å². The molecule has 0 amide bonds. The van der Waals surface area contributed by atoms with E-state index in [0.29, 0.717) is 22.4 Å². The van der Waals surface area contributed by atoms with Crippen molar-refractivity contribution in [2.24, 2.45) is 5.92 Å². The van der Waals surface area contributed by atoms with E-state index in [1.807, 2.05) is 6.07 Å². The first kappa shape index (κ1) is 14.0. The molecule has 1 unspecified atom stereocenters. The predicted octanol–water partition coefficient (Wildman–Crippen LogP) is 3.33. The molecule has 0 aromatic heterocycles. The van der Waals surface area contributed by atoms with Crippen LogP contribution in [0.5, 0.6) is 11.5 Å². The van der Waals surface area contributed by atoms with Gasteiger partial charge in [0.05, 0.1) is 20.6 Å². The van der Waals surface area contributed by atoms with E-state index in [-0.39, 0.29) is 12.3 Å². The van der Waals surface area contributed by atoms with Crippen molar-refractivity contribution in [3.63, 3.8) is 0 Å². The zero-order valence-electron chi connectivity index (χ0n) is 11.0. The molecule has 1 saturated carbocycles. The highest BCUT2D eigenvalue weighted by molar-refractivity contribution is 6.33. The molecule has 0 aliphatic heterocycles. The lowest BCUT2D eigenvalue weighted by atomic mass is 9.90. The molecule has 0 bridgehead atoms. The minimum atomic E-state index is -0.800. The smallest absolute Gasteiger partial charge is 0.303 e. The summed E-state index contributed by atoms with van der Waals surface area (Å²) in [5, 5.41) is 9.46. The summed E-state index contributed by atoms with van der Waals surface area (Å²) < 4.78 is 10.5. The van der Waals surface area contributed by atoms with E-state index in [9.17, 15) is 4.79 Å². The Hall–Kier alpha value is -1.42. The normalized spacial score (nSPS) is 15.9.